The smallest absolute Gasteiger partial charge is 0.271 e. The lowest BCUT2D eigenvalue weighted by Gasteiger charge is -2.19. The predicted octanol–water partition coefficient (Wildman–Crippen LogP) is 3.70. The molecule has 0 fully saturated rings. The van der Waals surface area contributed by atoms with Crippen molar-refractivity contribution in [1.29, 1.82) is 0 Å². The standard InChI is InChI=1S/C11H15ClN2O2/c1-7(2)8(3)13-11-5-4-9(14(15)16)6-10(11)12/h4-8,13H,1-3H3. The van der Waals surface area contributed by atoms with E-state index in [1.54, 1.807) is 6.07 Å². The topological polar surface area (TPSA) is 55.2 Å². The molecular weight excluding hydrogens is 228 g/mol. The molecule has 88 valence electrons. The monoisotopic (exact) mass is 242 g/mol. The quantitative estimate of drug-likeness (QED) is 0.647. The maximum atomic E-state index is 10.5. The molecule has 0 heterocycles. The summed E-state index contributed by atoms with van der Waals surface area (Å²) in [4.78, 5) is 10.1. The van der Waals surface area contributed by atoms with E-state index in [4.69, 9.17) is 11.6 Å². The zero-order valence-electron chi connectivity index (χ0n) is 9.53. The molecule has 0 bridgehead atoms. The number of benzene rings is 1. The SMILES string of the molecule is CC(C)C(C)Nc1ccc([N+](=O)[O-])cc1Cl. The van der Waals surface area contributed by atoms with E-state index in [0.717, 1.165) is 5.69 Å². The first-order valence-electron chi connectivity index (χ1n) is 5.12. The third-order valence-corrected chi connectivity index (χ3v) is 2.86. The fourth-order valence-corrected chi connectivity index (χ4v) is 1.38. The predicted molar refractivity (Wildman–Crippen MR) is 66.0 cm³/mol. The molecule has 0 aliphatic heterocycles. The van der Waals surface area contributed by atoms with Crippen molar-refractivity contribution in [3.8, 4) is 0 Å². The highest BCUT2D eigenvalue weighted by atomic mass is 35.5. The molecule has 1 aromatic carbocycles. The lowest BCUT2D eigenvalue weighted by atomic mass is 10.1. The van der Waals surface area contributed by atoms with Crippen LogP contribution in [0.2, 0.25) is 5.02 Å². The number of anilines is 1. The molecule has 1 rings (SSSR count). The Kier molecular flexibility index (Phi) is 4.12. The molecule has 0 saturated heterocycles. The maximum absolute atomic E-state index is 10.5. The Hall–Kier alpha value is -1.29. The first-order valence-corrected chi connectivity index (χ1v) is 5.50. The summed E-state index contributed by atoms with van der Waals surface area (Å²) >= 11 is 5.96. The van der Waals surface area contributed by atoms with Crippen molar-refractivity contribution in [3.05, 3.63) is 33.3 Å². The Morgan fingerprint density at radius 2 is 2.00 bits per heavy atom. The molecule has 5 heteroatoms. The molecule has 0 aromatic heterocycles. The molecule has 0 saturated carbocycles. The van der Waals surface area contributed by atoms with Gasteiger partial charge in [-0.15, -0.1) is 0 Å². The minimum absolute atomic E-state index is 0.00718. The molecule has 0 aliphatic rings. The summed E-state index contributed by atoms with van der Waals surface area (Å²) in [6.07, 6.45) is 0. The third-order valence-electron chi connectivity index (χ3n) is 2.55. The van der Waals surface area contributed by atoms with Crippen LogP contribution in [-0.2, 0) is 0 Å². The zero-order chi connectivity index (χ0) is 12.3. The Bertz CT molecular complexity index is 394. The highest BCUT2D eigenvalue weighted by Gasteiger charge is 2.12. The third kappa shape index (κ3) is 3.10. The van der Waals surface area contributed by atoms with Crippen LogP contribution in [0.3, 0.4) is 0 Å². The minimum atomic E-state index is -0.457. The Labute approximate surface area is 99.8 Å². The number of non-ortho nitro benzene ring substituents is 1. The van der Waals surface area contributed by atoms with Gasteiger partial charge in [0.2, 0.25) is 0 Å². The molecule has 0 spiro atoms. The van der Waals surface area contributed by atoms with E-state index >= 15 is 0 Å². The van der Waals surface area contributed by atoms with Crippen LogP contribution in [0.25, 0.3) is 0 Å². The molecule has 1 aromatic rings. The van der Waals surface area contributed by atoms with E-state index in [1.165, 1.54) is 12.1 Å². The first-order chi connectivity index (χ1) is 7.41. The molecule has 1 N–H and O–H groups in total. The summed E-state index contributed by atoms with van der Waals surface area (Å²) in [6.45, 7) is 6.23. The summed E-state index contributed by atoms with van der Waals surface area (Å²) in [5.74, 6) is 0.464. The lowest BCUT2D eigenvalue weighted by molar-refractivity contribution is -0.384. The number of nitro benzene ring substituents is 1. The average Bonchev–Trinajstić information content (AvgIpc) is 2.20. The molecule has 4 nitrogen and oxygen atoms in total. The second-order valence-corrected chi connectivity index (χ2v) is 4.51. The largest absolute Gasteiger partial charge is 0.381 e. The van der Waals surface area contributed by atoms with Crippen molar-refractivity contribution in [2.45, 2.75) is 26.8 Å². The normalized spacial score (nSPS) is 12.6. The van der Waals surface area contributed by atoms with Crippen LogP contribution in [0.1, 0.15) is 20.8 Å². The van der Waals surface area contributed by atoms with Crippen molar-refractivity contribution in [2.24, 2.45) is 5.92 Å². The van der Waals surface area contributed by atoms with Crippen molar-refractivity contribution in [3.63, 3.8) is 0 Å². The second kappa shape index (κ2) is 5.16. The number of hydrogen-bond acceptors (Lipinski definition) is 3. The van der Waals surface area contributed by atoms with Gasteiger partial charge in [-0.1, -0.05) is 25.4 Å². The minimum Gasteiger partial charge on any atom is -0.381 e. The van der Waals surface area contributed by atoms with Crippen LogP contribution in [0.15, 0.2) is 18.2 Å². The van der Waals surface area contributed by atoms with Gasteiger partial charge >= 0.3 is 0 Å². The fraction of sp³-hybridized carbons (Fsp3) is 0.455. The van der Waals surface area contributed by atoms with Crippen LogP contribution < -0.4 is 5.32 Å². The molecular formula is C11H15ClN2O2. The average molecular weight is 243 g/mol. The van der Waals surface area contributed by atoms with Crippen LogP contribution in [-0.4, -0.2) is 11.0 Å². The van der Waals surface area contributed by atoms with E-state index in [2.05, 4.69) is 19.2 Å². The molecule has 16 heavy (non-hydrogen) atoms. The van der Waals surface area contributed by atoms with E-state index in [9.17, 15) is 10.1 Å². The first kappa shape index (κ1) is 12.8. The molecule has 1 unspecified atom stereocenters. The molecule has 1 atom stereocenters. The van der Waals surface area contributed by atoms with Gasteiger partial charge in [-0.05, 0) is 18.9 Å². The molecule has 0 amide bonds. The fourth-order valence-electron chi connectivity index (χ4n) is 1.15. The van der Waals surface area contributed by atoms with Crippen molar-refractivity contribution in [2.75, 3.05) is 5.32 Å². The van der Waals surface area contributed by atoms with Crippen LogP contribution in [0, 0.1) is 16.0 Å². The van der Waals surface area contributed by atoms with E-state index in [-0.39, 0.29) is 11.7 Å². The van der Waals surface area contributed by atoms with Gasteiger partial charge < -0.3 is 5.32 Å². The number of hydrogen-bond donors (Lipinski definition) is 1. The van der Waals surface area contributed by atoms with Crippen LogP contribution in [0.5, 0.6) is 0 Å². The summed E-state index contributed by atoms with van der Waals surface area (Å²) in [6, 6.07) is 4.70. The van der Waals surface area contributed by atoms with Crippen molar-refractivity contribution >= 4 is 23.0 Å². The molecule has 0 radical (unpaired) electrons. The summed E-state index contributed by atoms with van der Waals surface area (Å²) in [5, 5.41) is 14.1. The van der Waals surface area contributed by atoms with Crippen LogP contribution in [0.4, 0.5) is 11.4 Å². The Balaban J connectivity index is 2.87. The van der Waals surface area contributed by atoms with Gasteiger partial charge in [0.1, 0.15) is 0 Å². The van der Waals surface area contributed by atoms with E-state index in [1.807, 2.05) is 6.92 Å². The van der Waals surface area contributed by atoms with E-state index < -0.39 is 4.92 Å². The number of nitro groups is 1. The molecule has 0 aliphatic carbocycles. The Morgan fingerprint density at radius 1 is 1.38 bits per heavy atom. The van der Waals surface area contributed by atoms with Crippen molar-refractivity contribution < 1.29 is 4.92 Å². The van der Waals surface area contributed by atoms with Gasteiger partial charge in [-0.2, -0.15) is 0 Å². The number of halogens is 1. The number of nitrogens with one attached hydrogen (secondary N) is 1. The second-order valence-electron chi connectivity index (χ2n) is 4.10. The van der Waals surface area contributed by atoms with Gasteiger partial charge in [0.15, 0.2) is 0 Å². The summed E-state index contributed by atoms with van der Waals surface area (Å²) < 4.78 is 0. The summed E-state index contributed by atoms with van der Waals surface area (Å²) in [5.41, 5.74) is 0.737. The maximum Gasteiger partial charge on any atom is 0.271 e. The summed E-state index contributed by atoms with van der Waals surface area (Å²) in [7, 11) is 0. The zero-order valence-corrected chi connectivity index (χ0v) is 10.3. The lowest BCUT2D eigenvalue weighted by Crippen LogP contribution is -2.21. The van der Waals surface area contributed by atoms with Gasteiger partial charge in [-0.25, -0.2) is 0 Å². The highest BCUT2D eigenvalue weighted by molar-refractivity contribution is 6.33. The number of nitrogens with zero attached hydrogens (tertiary/aromatic N) is 1. The van der Waals surface area contributed by atoms with Gasteiger partial charge in [0.05, 0.1) is 15.6 Å². The Morgan fingerprint density at radius 3 is 2.44 bits per heavy atom. The van der Waals surface area contributed by atoms with E-state index in [0.29, 0.717) is 10.9 Å². The number of rotatable bonds is 4. The van der Waals surface area contributed by atoms with Crippen LogP contribution >= 0.6 is 11.6 Å². The van der Waals surface area contributed by atoms with Gasteiger partial charge in [-0.3, -0.25) is 10.1 Å². The highest BCUT2D eigenvalue weighted by Crippen LogP contribution is 2.27. The van der Waals surface area contributed by atoms with Crippen molar-refractivity contribution in [1.82, 2.24) is 0 Å². The van der Waals surface area contributed by atoms with Gasteiger partial charge in [0.25, 0.3) is 5.69 Å². The van der Waals surface area contributed by atoms with Gasteiger partial charge in [0, 0.05) is 18.2 Å².